The maximum atomic E-state index is 12.8. The largest absolute Gasteiger partial charge is 0.378 e. The van der Waals surface area contributed by atoms with Crippen LogP contribution in [0.3, 0.4) is 0 Å². The first-order chi connectivity index (χ1) is 15.7. The molecule has 7 heteroatoms. The van der Waals surface area contributed by atoms with E-state index >= 15 is 0 Å². The summed E-state index contributed by atoms with van der Waals surface area (Å²) >= 11 is 0. The highest BCUT2D eigenvalue weighted by atomic mass is 16.5. The molecule has 1 saturated heterocycles. The highest BCUT2D eigenvalue weighted by Gasteiger charge is 2.20. The van der Waals surface area contributed by atoms with Crippen LogP contribution in [0.5, 0.6) is 0 Å². The molecule has 2 aliphatic rings. The number of morpholine rings is 1. The number of amides is 1. The Morgan fingerprint density at radius 3 is 2.72 bits per heavy atom. The van der Waals surface area contributed by atoms with E-state index in [0.29, 0.717) is 19.8 Å². The zero-order valence-electron chi connectivity index (χ0n) is 18.2. The number of nitrogens with zero attached hydrogens (tertiary/aromatic N) is 3. The number of carbonyl (C=O) groups excluding carboxylic acids is 1. The van der Waals surface area contributed by atoms with Gasteiger partial charge >= 0.3 is 0 Å². The van der Waals surface area contributed by atoms with Gasteiger partial charge in [0, 0.05) is 50.0 Å². The Balaban J connectivity index is 1.39. The number of nitrogens with two attached hydrogens (primary N) is 1. The molecule has 5 rings (SSSR count). The van der Waals surface area contributed by atoms with Crippen molar-refractivity contribution in [3.8, 4) is 11.3 Å². The smallest absolute Gasteiger partial charge is 0.241 e. The summed E-state index contributed by atoms with van der Waals surface area (Å²) in [7, 11) is 0. The number of fused-ring (bicyclic) bond motifs is 1. The number of imidazole rings is 1. The number of hydrogen-bond acceptors (Lipinski definition) is 5. The van der Waals surface area contributed by atoms with Crippen LogP contribution in [0.1, 0.15) is 29.4 Å². The number of rotatable bonds is 6. The molecule has 1 amide bonds. The fourth-order valence-corrected chi connectivity index (χ4v) is 4.50. The van der Waals surface area contributed by atoms with Crippen LogP contribution in [-0.2, 0) is 29.0 Å². The molecule has 3 aromatic rings. The van der Waals surface area contributed by atoms with Crippen molar-refractivity contribution in [1.29, 1.82) is 0 Å². The van der Waals surface area contributed by atoms with Crippen LogP contribution in [0.15, 0.2) is 54.7 Å². The van der Waals surface area contributed by atoms with E-state index in [9.17, 15) is 4.79 Å². The zero-order chi connectivity index (χ0) is 21.9. The van der Waals surface area contributed by atoms with Gasteiger partial charge in [0.25, 0.3) is 0 Å². The number of benzene rings is 2. The molecule has 0 bridgehead atoms. The van der Waals surface area contributed by atoms with Crippen molar-refractivity contribution in [2.45, 2.75) is 32.0 Å². The van der Waals surface area contributed by atoms with Crippen molar-refractivity contribution in [2.24, 2.45) is 5.73 Å². The number of carbonyl (C=O) groups is 1. The average Bonchev–Trinajstić information content (AvgIpc) is 3.46. The van der Waals surface area contributed by atoms with Gasteiger partial charge in [-0.1, -0.05) is 36.4 Å². The molecule has 2 aliphatic heterocycles. The average molecular weight is 432 g/mol. The Morgan fingerprint density at radius 1 is 1.12 bits per heavy atom. The van der Waals surface area contributed by atoms with E-state index in [2.05, 4.69) is 39.2 Å². The molecule has 1 unspecified atom stereocenters. The second-order valence-electron chi connectivity index (χ2n) is 8.39. The van der Waals surface area contributed by atoms with E-state index < -0.39 is 6.04 Å². The first-order valence-corrected chi connectivity index (χ1v) is 11.3. The number of aromatic nitrogens is 2. The number of hydrogen-bond donors (Lipinski definition) is 2. The SMILES string of the molecule is NC(C(=O)NCc1cc(-c2cn3c(n2)CCC3)ccc1N1CCOCC1)c1ccccc1. The maximum absolute atomic E-state index is 12.8. The summed E-state index contributed by atoms with van der Waals surface area (Å²) in [5.74, 6) is 0.969. The van der Waals surface area contributed by atoms with Crippen LogP contribution >= 0.6 is 0 Å². The highest BCUT2D eigenvalue weighted by Crippen LogP contribution is 2.29. The summed E-state index contributed by atoms with van der Waals surface area (Å²) in [5.41, 5.74) is 11.2. The van der Waals surface area contributed by atoms with Gasteiger partial charge in [-0.05, 0) is 29.7 Å². The van der Waals surface area contributed by atoms with E-state index in [1.807, 2.05) is 30.3 Å². The number of aryl methyl sites for hydroxylation is 2. The normalized spacial score (nSPS) is 16.6. The summed E-state index contributed by atoms with van der Waals surface area (Å²) in [5, 5.41) is 3.05. The van der Waals surface area contributed by atoms with E-state index in [1.54, 1.807) is 0 Å². The van der Waals surface area contributed by atoms with Crippen molar-refractivity contribution in [3.63, 3.8) is 0 Å². The fourth-order valence-electron chi connectivity index (χ4n) is 4.50. The Labute approximate surface area is 188 Å². The van der Waals surface area contributed by atoms with E-state index in [-0.39, 0.29) is 5.91 Å². The number of ether oxygens (including phenoxy) is 1. The quantitative estimate of drug-likeness (QED) is 0.627. The third-order valence-electron chi connectivity index (χ3n) is 6.28. The van der Waals surface area contributed by atoms with Crippen LogP contribution in [0.2, 0.25) is 0 Å². The van der Waals surface area contributed by atoms with Gasteiger partial charge in [0.05, 0.1) is 18.9 Å². The van der Waals surface area contributed by atoms with Crippen LogP contribution in [-0.4, -0.2) is 41.8 Å². The number of anilines is 1. The van der Waals surface area contributed by atoms with E-state index in [0.717, 1.165) is 66.4 Å². The summed E-state index contributed by atoms with van der Waals surface area (Å²) in [6, 6.07) is 15.2. The topological polar surface area (TPSA) is 85.4 Å². The first-order valence-electron chi connectivity index (χ1n) is 11.3. The van der Waals surface area contributed by atoms with Crippen LogP contribution < -0.4 is 16.0 Å². The second-order valence-corrected chi connectivity index (χ2v) is 8.39. The minimum absolute atomic E-state index is 0.185. The molecular weight excluding hydrogens is 402 g/mol. The molecule has 1 fully saturated rings. The Hall–Kier alpha value is -3.16. The summed E-state index contributed by atoms with van der Waals surface area (Å²) < 4.78 is 7.77. The van der Waals surface area contributed by atoms with Crippen molar-refractivity contribution in [1.82, 2.24) is 14.9 Å². The van der Waals surface area contributed by atoms with Crippen molar-refractivity contribution in [2.75, 3.05) is 31.2 Å². The third-order valence-corrected chi connectivity index (χ3v) is 6.28. The highest BCUT2D eigenvalue weighted by molar-refractivity contribution is 5.83. The molecule has 1 aromatic heterocycles. The Bertz CT molecular complexity index is 1070. The molecule has 1 atom stereocenters. The molecule has 166 valence electrons. The van der Waals surface area contributed by atoms with Crippen LogP contribution in [0, 0.1) is 0 Å². The molecule has 3 N–H and O–H groups in total. The lowest BCUT2D eigenvalue weighted by Gasteiger charge is -2.31. The molecule has 0 radical (unpaired) electrons. The number of nitrogens with one attached hydrogen (secondary N) is 1. The van der Waals surface area contributed by atoms with Gasteiger partial charge in [0.2, 0.25) is 5.91 Å². The van der Waals surface area contributed by atoms with Gasteiger partial charge in [-0.15, -0.1) is 0 Å². The Morgan fingerprint density at radius 2 is 1.94 bits per heavy atom. The fraction of sp³-hybridized carbons (Fsp3) is 0.360. The Kier molecular flexibility index (Phi) is 5.92. The van der Waals surface area contributed by atoms with Gasteiger partial charge < -0.3 is 25.3 Å². The predicted octanol–water partition coefficient (Wildman–Crippen LogP) is 2.65. The van der Waals surface area contributed by atoms with E-state index in [1.165, 1.54) is 0 Å². The zero-order valence-corrected chi connectivity index (χ0v) is 18.2. The molecule has 32 heavy (non-hydrogen) atoms. The molecule has 0 saturated carbocycles. The minimum Gasteiger partial charge on any atom is -0.378 e. The lowest BCUT2D eigenvalue weighted by atomic mass is 10.0. The van der Waals surface area contributed by atoms with Crippen molar-refractivity contribution in [3.05, 3.63) is 71.7 Å². The van der Waals surface area contributed by atoms with Crippen LogP contribution in [0.4, 0.5) is 5.69 Å². The summed E-state index contributed by atoms with van der Waals surface area (Å²) in [4.78, 5) is 19.9. The van der Waals surface area contributed by atoms with E-state index in [4.69, 9.17) is 15.5 Å². The first kappa shape index (κ1) is 20.7. The second kappa shape index (κ2) is 9.14. The standard InChI is InChI=1S/C25H29N5O2/c26-24(18-5-2-1-3-6-18)25(31)27-16-20-15-19(21-17-30-10-4-7-23(30)28-21)8-9-22(20)29-11-13-32-14-12-29/h1-3,5-6,8-9,15,17,24H,4,7,10-14,16,26H2,(H,27,31). The van der Waals surface area contributed by atoms with Gasteiger partial charge in [0.1, 0.15) is 11.9 Å². The van der Waals surface area contributed by atoms with Crippen LogP contribution in [0.25, 0.3) is 11.3 Å². The molecule has 7 nitrogen and oxygen atoms in total. The molecule has 3 heterocycles. The van der Waals surface area contributed by atoms with Gasteiger partial charge in [-0.3, -0.25) is 4.79 Å². The lowest BCUT2D eigenvalue weighted by Crippen LogP contribution is -2.38. The third kappa shape index (κ3) is 4.26. The predicted molar refractivity (Wildman–Crippen MR) is 124 cm³/mol. The van der Waals surface area contributed by atoms with Gasteiger partial charge in [-0.25, -0.2) is 4.98 Å². The molecule has 2 aromatic carbocycles. The minimum atomic E-state index is -0.692. The summed E-state index contributed by atoms with van der Waals surface area (Å²) in [6.45, 7) is 4.54. The lowest BCUT2D eigenvalue weighted by molar-refractivity contribution is -0.122. The van der Waals surface area contributed by atoms with Gasteiger partial charge in [0.15, 0.2) is 0 Å². The summed E-state index contributed by atoms with van der Waals surface area (Å²) in [6.07, 6.45) is 4.34. The molecule has 0 spiro atoms. The maximum Gasteiger partial charge on any atom is 0.241 e. The van der Waals surface area contributed by atoms with Crippen molar-refractivity contribution < 1.29 is 9.53 Å². The van der Waals surface area contributed by atoms with Gasteiger partial charge in [-0.2, -0.15) is 0 Å². The molecule has 0 aliphatic carbocycles. The molecular formula is C25H29N5O2. The monoisotopic (exact) mass is 431 g/mol. The van der Waals surface area contributed by atoms with Crippen molar-refractivity contribution >= 4 is 11.6 Å².